The highest BCUT2D eigenvalue weighted by Crippen LogP contribution is 2.34. The lowest BCUT2D eigenvalue weighted by Crippen LogP contribution is -2.45. The lowest BCUT2D eigenvalue weighted by Gasteiger charge is -2.28. The highest BCUT2D eigenvalue weighted by Gasteiger charge is 2.32. The average Bonchev–Trinajstić information content (AvgIpc) is 2.54. The molecule has 0 saturated heterocycles. The van der Waals surface area contributed by atoms with Crippen LogP contribution in [0.2, 0.25) is 0 Å². The van der Waals surface area contributed by atoms with Gasteiger partial charge in [-0.15, -0.1) is 0 Å². The topological polar surface area (TPSA) is 85.9 Å². The second-order valence-corrected chi connectivity index (χ2v) is 5.13. The molecule has 0 saturated carbocycles. The molecule has 24 heavy (non-hydrogen) atoms. The molecule has 0 radical (unpaired) electrons. The standard InChI is InChI=1S/C17H22N2O5/c1-5-23-12-8-7-11(9-13(12)22-4)15-14(16(20)24-6-2)10(3)18-17(21)19-15/h7-9,15H,5-6H2,1-4H3,(H2,18,19,21). The predicted octanol–water partition coefficient (Wildman–Crippen LogP) is 2.28. The van der Waals surface area contributed by atoms with E-state index in [1.807, 2.05) is 6.92 Å². The normalized spacial score (nSPS) is 17.0. The number of hydrogen-bond donors (Lipinski definition) is 2. The maximum Gasteiger partial charge on any atom is 0.338 e. The Morgan fingerprint density at radius 2 is 1.96 bits per heavy atom. The minimum absolute atomic E-state index is 0.253. The first kappa shape index (κ1) is 17.7. The monoisotopic (exact) mass is 334 g/mol. The Balaban J connectivity index is 2.45. The molecule has 1 atom stereocenters. The van der Waals surface area contributed by atoms with E-state index in [2.05, 4.69) is 10.6 Å². The van der Waals surface area contributed by atoms with Crippen LogP contribution >= 0.6 is 0 Å². The van der Waals surface area contributed by atoms with Crippen LogP contribution in [0.4, 0.5) is 4.79 Å². The van der Waals surface area contributed by atoms with Gasteiger partial charge in [-0.2, -0.15) is 0 Å². The van der Waals surface area contributed by atoms with Crippen molar-refractivity contribution in [2.24, 2.45) is 0 Å². The molecule has 0 aliphatic carbocycles. The first-order chi connectivity index (χ1) is 11.5. The number of nitrogens with one attached hydrogen (secondary N) is 2. The number of rotatable bonds is 6. The molecule has 2 rings (SSSR count). The molecule has 0 aromatic heterocycles. The van der Waals surface area contributed by atoms with Gasteiger partial charge in [-0.25, -0.2) is 9.59 Å². The van der Waals surface area contributed by atoms with Crippen LogP contribution in [0.25, 0.3) is 0 Å². The summed E-state index contributed by atoms with van der Waals surface area (Å²) in [5.74, 6) is 0.658. The molecule has 1 aromatic carbocycles. The van der Waals surface area contributed by atoms with Crippen molar-refractivity contribution in [3.05, 3.63) is 35.0 Å². The highest BCUT2D eigenvalue weighted by molar-refractivity contribution is 5.95. The number of allylic oxidation sites excluding steroid dienone is 1. The summed E-state index contributed by atoms with van der Waals surface area (Å²) < 4.78 is 16.0. The molecule has 0 bridgehead atoms. The van der Waals surface area contributed by atoms with Crippen LogP contribution in [-0.2, 0) is 9.53 Å². The molecule has 2 N–H and O–H groups in total. The van der Waals surface area contributed by atoms with Gasteiger partial charge in [0.2, 0.25) is 0 Å². The molecular weight excluding hydrogens is 312 g/mol. The van der Waals surface area contributed by atoms with E-state index < -0.39 is 12.0 Å². The van der Waals surface area contributed by atoms with Gasteiger partial charge in [-0.05, 0) is 38.5 Å². The van der Waals surface area contributed by atoms with Crippen molar-refractivity contribution in [3.63, 3.8) is 0 Å². The van der Waals surface area contributed by atoms with E-state index in [-0.39, 0.29) is 12.6 Å². The number of methoxy groups -OCH3 is 1. The fourth-order valence-electron chi connectivity index (χ4n) is 2.56. The Morgan fingerprint density at radius 1 is 1.21 bits per heavy atom. The van der Waals surface area contributed by atoms with Crippen molar-refractivity contribution in [3.8, 4) is 11.5 Å². The molecule has 1 aliphatic heterocycles. The molecule has 130 valence electrons. The number of carbonyl (C=O) groups excluding carboxylic acids is 2. The highest BCUT2D eigenvalue weighted by atomic mass is 16.5. The number of benzene rings is 1. The van der Waals surface area contributed by atoms with Crippen LogP contribution in [0, 0.1) is 0 Å². The third kappa shape index (κ3) is 3.61. The zero-order valence-electron chi connectivity index (χ0n) is 14.3. The second kappa shape index (κ2) is 7.72. The summed E-state index contributed by atoms with van der Waals surface area (Å²) in [6.07, 6.45) is 0. The summed E-state index contributed by atoms with van der Waals surface area (Å²) in [6, 6.07) is 4.29. The average molecular weight is 334 g/mol. The maximum atomic E-state index is 12.3. The van der Waals surface area contributed by atoms with Crippen LogP contribution in [0.3, 0.4) is 0 Å². The summed E-state index contributed by atoms with van der Waals surface area (Å²) >= 11 is 0. The fraction of sp³-hybridized carbons (Fsp3) is 0.412. The molecule has 1 unspecified atom stereocenters. The molecule has 7 nitrogen and oxygen atoms in total. The Kier molecular flexibility index (Phi) is 5.68. The predicted molar refractivity (Wildman–Crippen MR) is 87.9 cm³/mol. The molecule has 0 spiro atoms. The van der Waals surface area contributed by atoms with Gasteiger partial charge in [-0.3, -0.25) is 0 Å². The lowest BCUT2D eigenvalue weighted by atomic mass is 9.95. The van der Waals surface area contributed by atoms with Crippen molar-refractivity contribution >= 4 is 12.0 Å². The molecule has 2 amide bonds. The summed E-state index contributed by atoms with van der Waals surface area (Å²) in [5, 5.41) is 5.35. The molecule has 0 fully saturated rings. The van der Waals surface area contributed by atoms with Crippen LogP contribution < -0.4 is 20.1 Å². The molecule has 1 aromatic rings. The Morgan fingerprint density at radius 3 is 2.58 bits per heavy atom. The van der Waals surface area contributed by atoms with Crippen LogP contribution in [0.15, 0.2) is 29.5 Å². The molecule has 7 heteroatoms. The van der Waals surface area contributed by atoms with E-state index in [1.54, 1.807) is 32.0 Å². The Bertz CT molecular complexity index is 669. The van der Waals surface area contributed by atoms with Crippen LogP contribution in [0.1, 0.15) is 32.4 Å². The van der Waals surface area contributed by atoms with E-state index >= 15 is 0 Å². The number of amides is 2. The van der Waals surface area contributed by atoms with Gasteiger partial charge in [0, 0.05) is 5.70 Å². The smallest absolute Gasteiger partial charge is 0.338 e. The SMILES string of the molecule is CCOC(=O)C1=C(C)NC(=O)NC1c1ccc(OCC)c(OC)c1. The molecular formula is C17H22N2O5. The van der Waals surface area contributed by atoms with Crippen LogP contribution in [-0.4, -0.2) is 32.3 Å². The summed E-state index contributed by atoms with van der Waals surface area (Å²) in [6.45, 7) is 6.04. The number of urea groups is 1. The first-order valence-electron chi connectivity index (χ1n) is 7.77. The van der Waals surface area contributed by atoms with Gasteiger partial charge in [-0.1, -0.05) is 6.07 Å². The number of carbonyl (C=O) groups is 2. The van der Waals surface area contributed by atoms with E-state index in [1.165, 1.54) is 7.11 Å². The summed E-state index contributed by atoms with van der Waals surface area (Å²) in [5.41, 5.74) is 1.53. The fourth-order valence-corrected chi connectivity index (χ4v) is 2.56. The summed E-state index contributed by atoms with van der Waals surface area (Å²) in [7, 11) is 1.54. The minimum Gasteiger partial charge on any atom is -0.493 e. The van der Waals surface area contributed by atoms with Gasteiger partial charge in [0.1, 0.15) is 0 Å². The minimum atomic E-state index is -0.623. The van der Waals surface area contributed by atoms with Crippen molar-refractivity contribution in [1.29, 1.82) is 0 Å². The number of esters is 1. The lowest BCUT2D eigenvalue weighted by molar-refractivity contribution is -0.139. The van der Waals surface area contributed by atoms with Crippen molar-refractivity contribution in [2.45, 2.75) is 26.8 Å². The quantitative estimate of drug-likeness (QED) is 0.780. The van der Waals surface area contributed by atoms with Gasteiger partial charge < -0.3 is 24.8 Å². The van der Waals surface area contributed by atoms with Crippen LogP contribution in [0.5, 0.6) is 11.5 Å². The summed E-state index contributed by atoms with van der Waals surface area (Å²) in [4.78, 5) is 24.1. The van der Waals surface area contributed by atoms with E-state index in [4.69, 9.17) is 14.2 Å². The van der Waals surface area contributed by atoms with Gasteiger partial charge in [0.05, 0.1) is 31.9 Å². The van der Waals surface area contributed by atoms with E-state index in [0.717, 1.165) is 0 Å². The van der Waals surface area contributed by atoms with Crippen molar-refractivity contribution in [2.75, 3.05) is 20.3 Å². The third-order valence-corrected chi connectivity index (χ3v) is 3.59. The molecule has 1 heterocycles. The Hall–Kier alpha value is -2.70. The number of ether oxygens (including phenoxy) is 3. The van der Waals surface area contributed by atoms with Gasteiger partial charge in [0.25, 0.3) is 0 Å². The van der Waals surface area contributed by atoms with Gasteiger partial charge in [0.15, 0.2) is 11.5 Å². The maximum absolute atomic E-state index is 12.3. The first-order valence-corrected chi connectivity index (χ1v) is 7.77. The third-order valence-electron chi connectivity index (χ3n) is 3.59. The van der Waals surface area contributed by atoms with E-state index in [9.17, 15) is 9.59 Å². The second-order valence-electron chi connectivity index (χ2n) is 5.13. The Labute approximate surface area is 141 Å². The largest absolute Gasteiger partial charge is 0.493 e. The van der Waals surface area contributed by atoms with E-state index in [0.29, 0.717) is 34.9 Å². The zero-order valence-corrected chi connectivity index (χ0v) is 14.3. The zero-order chi connectivity index (χ0) is 17.7. The number of hydrogen-bond acceptors (Lipinski definition) is 5. The van der Waals surface area contributed by atoms with Crippen molar-refractivity contribution < 1.29 is 23.8 Å². The van der Waals surface area contributed by atoms with Gasteiger partial charge >= 0.3 is 12.0 Å². The van der Waals surface area contributed by atoms with Crippen molar-refractivity contribution in [1.82, 2.24) is 10.6 Å². The molecule has 1 aliphatic rings.